The van der Waals surface area contributed by atoms with E-state index in [4.69, 9.17) is 46.4 Å². The van der Waals surface area contributed by atoms with Crippen molar-refractivity contribution in [3.8, 4) is 0 Å². The van der Waals surface area contributed by atoms with E-state index in [0.717, 1.165) is 36.8 Å². The van der Waals surface area contributed by atoms with E-state index in [1.54, 1.807) is 0 Å². The molecule has 2 nitrogen and oxygen atoms in total. The van der Waals surface area contributed by atoms with Crippen LogP contribution in [0, 0.1) is 0 Å². The van der Waals surface area contributed by atoms with Crippen LogP contribution in [0.2, 0.25) is 20.1 Å². The van der Waals surface area contributed by atoms with Gasteiger partial charge in [-0.2, -0.15) is 0 Å². The highest BCUT2D eigenvalue weighted by Gasteiger charge is 2.36. The summed E-state index contributed by atoms with van der Waals surface area (Å²) in [7, 11) is 0. The Kier molecular flexibility index (Phi) is 8.40. The van der Waals surface area contributed by atoms with Crippen molar-refractivity contribution in [2.75, 3.05) is 13.2 Å². The van der Waals surface area contributed by atoms with Crippen LogP contribution in [0.5, 0.6) is 0 Å². The molecule has 164 valence electrons. The minimum atomic E-state index is -0.0752. The molecule has 2 aromatic rings. The van der Waals surface area contributed by atoms with Gasteiger partial charge in [-0.15, -0.1) is 0 Å². The van der Waals surface area contributed by atoms with E-state index in [0.29, 0.717) is 20.1 Å². The highest BCUT2D eigenvalue weighted by Crippen LogP contribution is 2.43. The molecule has 0 atom stereocenters. The van der Waals surface area contributed by atoms with Gasteiger partial charge in [0.05, 0.1) is 33.3 Å². The predicted molar refractivity (Wildman–Crippen MR) is 127 cm³/mol. The van der Waals surface area contributed by atoms with Crippen molar-refractivity contribution in [1.82, 2.24) is 0 Å². The average Bonchev–Trinajstić information content (AvgIpc) is 3.43. The fourth-order valence-corrected chi connectivity index (χ4v) is 5.43. The van der Waals surface area contributed by atoms with Crippen LogP contribution in [-0.2, 0) is 10.8 Å². The average molecular weight is 490 g/mol. The first-order valence-corrected chi connectivity index (χ1v) is 12.0. The third-order valence-corrected chi connectivity index (χ3v) is 8.27. The Balaban J connectivity index is 0.000000171. The lowest BCUT2D eigenvalue weighted by molar-refractivity contribution is 0.196. The summed E-state index contributed by atoms with van der Waals surface area (Å²) < 4.78 is 0. The lowest BCUT2D eigenvalue weighted by Gasteiger charge is -2.27. The Morgan fingerprint density at radius 1 is 0.567 bits per heavy atom. The topological polar surface area (TPSA) is 40.5 Å². The van der Waals surface area contributed by atoms with Gasteiger partial charge in [0.15, 0.2) is 0 Å². The maximum atomic E-state index is 9.55. The normalized spacial score (nSPS) is 19.4. The SMILES string of the molecule is OCC1(c2ccc(Cl)c(Cl)c2)CCCC1.OCC1(c2ccc(Cl)c(Cl)c2)CCCC1. The third kappa shape index (κ3) is 5.11. The summed E-state index contributed by atoms with van der Waals surface area (Å²) in [5, 5.41) is 21.4. The second-order valence-electron chi connectivity index (χ2n) is 8.55. The number of aliphatic hydroxyl groups excluding tert-OH is 2. The molecule has 6 heteroatoms. The summed E-state index contributed by atoms with van der Waals surface area (Å²) >= 11 is 23.8. The molecule has 0 spiro atoms. The molecular formula is C24H28Cl4O2. The van der Waals surface area contributed by atoms with E-state index >= 15 is 0 Å². The van der Waals surface area contributed by atoms with E-state index in [1.165, 1.54) is 25.7 Å². The minimum absolute atomic E-state index is 0.0752. The van der Waals surface area contributed by atoms with Gasteiger partial charge in [-0.05, 0) is 61.1 Å². The van der Waals surface area contributed by atoms with Crippen LogP contribution in [0.4, 0.5) is 0 Å². The Labute approximate surface area is 199 Å². The van der Waals surface area contributed by atoms with Gasteiger partial charge in [0, 0.05) is 10.8 Å². The third-order valence-electron chi connectivity index (χ3n) is 6.79. The van der Waals surface area contributed by atoms with Gasteiger partial charge in [-0.25, -0.2) is 0 Å². The fraction of sp³-hybridized carbons (Fsp3) is 0.500. The summed E-state index contributed by atoms with van der Waals surface area (Å²) in [6.07, 6.45) is 8.90. The fourth-order valence-electron chi connectivity index (χ4n) is 4.83. The summed E-state index contributed by atoms with van der Waals surface area (Å²) in [5.41, 5.74) is 2.09. The van der Waals surface area contributed by atoms with Gasteiger partial charge in [-0.3, -0.25) is 0 Å². The van der Waals surface area contributed by atoms with Crippen LogP contribution in [0.1, 0.15) is 62.5 Å². The van der Waals surface area contributed by atoms with E-state index in [9.17, 15) is 10.2 Å². The molecule has 2 aromatic carbocycles. The highest BCUT2D eigenvalue weighted by atomic mass is 35.5. The van der Waals surface area contributed by atoms with Crippen LogP contribution < -0.4 is 0 Å². The number of benzene rings is 2. The predicted octanol–water partition coefficient (Wildman–Crippen LogP) is 7.60. The molecule has 2 aliphatic carbocycles. The van der Waals surface area contributed by atoms with Crippen molar-refractivity contribution in [3.63, 3.8) is 0 Å². The summed E-state index contributed by atoms with van der Waals surface area (Å²) in [4.78, 5) is 0. The molecule has 0 aliphatic heterocycles. The van der Waals surface area contributed by atoms with Crippen LogP contribution >= 0.6 is 46.4 Å². The largest absolute Gasteiger partial charge is 0.395 e. The zero-order valence-electron chi connectivity index (χ0n) is 16.9. The molecule has 2 fully saturated rings. The summed E-state index contributed by atoms with van der Waals surface area (Å²) in [6.45, 7) is 0.399. The van der Waals surface area contributed by atoms with Gasteiger partial charge >= 0.3 is 0 Å². The van der Waals surface area contributed by atoms with Crippen LogP contribution in [0.3, 0.4) is 0 Å². The Morgan fingerprint density at radius 2 is 0.900 bits per heavy atom. The van der Waals surface area contributed by atoms with Crippen molar-refractivity contribution in [3.05, 3.63) is 67.6 Å². The van der Waals surface area contributed by atoms with E-state index in [2.05, 4.69) is 0 Å². The van der Waals surface area contributed by atoms with Gasteiger partial charge in [-0.1, -0.05) is 84.2 Å². The molecule has 2 saturated carbocycles. The van der Waals surface area contributed by atoms with E-state index in [-0.39, 0.29) is 24.0 Å². The molecule has 0 saturated heterocycles. The van der Waals surface area contributed by atoms with Crippen molar-refractivity contribution in [2.24, 2.45) is 0 Å². The maximum absolute atomic E-state index is 9.55. The minimum Gasteiger partial charge on any atom is -0.395 e. The Hall–Kier alpha value is -0.480. The van der Waals surface area contributed by atoms with Gasteiger partial charge < -0.3 is 10.2 Å². The van der Waals surface area contributed by atoms with Gasteiger partial charge in [0.2, 0.25) is 0 Å². The van der Waals surface area contributed by atoms with E-state index < -0.39 is 0 Å². The molecule has 2 aliphatic rings. The molecule has 0 amide bonds. The Morgan fingerprint density at radius 3 is 1.17 bits per heavy atom. The standard InChI is InChI=1S/2C12H14Cl2O/c2*13-10-4-3-9(7-11(10)14)12(8-15)5-1-2-6-12/h2*3-4,7,15H,1-2,5-6,8H2. The number of hydrogen-bond acceptors (Lipinski definition) is 2. The first-order chi connectivity index (χ1) is 14.4. The van der Waals surface area contributed by atoms with Crippen LogP contribution in [0.25, 0.3) is 0 Å². The van der Waals surface area contributed by atoms with E-state index in [1.807, 2.05) is 36.4 Å². The molecule has 0 unspecified atom stereocenters. The molecule has 0 bridgehead atoms. The van der Waals surface area contributed by atoms with Crippen molar-refractivity contribution in [1.29, 1.82) is 0 Å². The van der Waals surface area contributed by atoms with Crippen molar-refractivity contribution < 1.29 is 10.2 Å². The summed E-state index contributed by atoms with van der Waals surface area (Å²) in [6, 6.07) is 11.4. The number of halogens is 4. The zero-order valence-corrected chi connectivity index (χ0v) is 20.0. The highest BCUT2D eigenvalue weighted by molar-refractivity contribution is 6.42. The smallest absolute Gasteiger partial charge is 0.0595 e. The maximum Gasteiger partial charge on any atom is 0.0595 e. The molecular weight excluding hydrogens is 462 g/mol. The molecule has 0 aromatic heterocycles. The van der Waals surface area contributed by atoms with Crippen LogP contribution in [-0.4, -0.2) is 23.4 Å². The second-order valence-corrected chi connectivity index (χ2v) is 10.2. The molecule has 0 radical (unpaired) electrons. The first-order valence-electron chi connectivity index (χ1n) is 10.5. The molecule has 4 rings (SSSR count). The molecule has 0 heterocycles. The molecule has 30 heavy (non-hydrogen) atoms. The monoisotopic (exact) mass is 488 g/mol. The zero-order chi connectivity index (χ0) is 21.8. The lowest BCUT2D eigenvalue weighted by atomic mass is 9.80. The molecule has 2 N–H and O–H groups in total. The van der Waals surface area contributed by atoms with Crippen molar-refractivity contribution in [2.45, 2.75) is 62.2 Å². The second kappa shape index (κ2) is 10.4. The summed E-state index contributed by atoms with van der Waals surface area (Å²) in [5.74, 6) is 0. The number of hydrogen-bond donors (Lipinski definition) is 2. The number of aliphatic hydroxyl groups is 2. The van der Waals surface area contributed by atoms with Crippen molar-refractivity contribution >= 4 is 46.4 Å². The van der Waals surface area contributed by atoms with Gasteiger partial charge in [0.1, 0.15) is 0 Å². The number of rotatable bonds is 4. The quantitative estimate of drug-likeness (QED) is 0.464. The lowest BCUT2D eigenvalue weighted by Crippen LogP contribution is -2.26. The van der Waals surface area contributed by atoms with Crippen LogP contribution in [0.15, 0.2) is 36.4 Å². The van der Waals surface area contributed by atoms with Gasteiger partial charge in [0.25, 0.3) is 0 Å². The first kappa shape index (κ1) is 24.2. The Bertz CT molecular complexity index is 785.